The minimum atomic E-state index is -4.39. The minimum Gasteiger partial charge on any atom is -0.312 e. The smallest absolute Gasteiger partial charge is 0.312 e. The molecule has 0 fully saturated rings. The van der Waals surface area contributed by atoms with Gasteiger partial charge in [0.2, 0.25) is 0 Å². The molecule has 0 saturated carbocycles. The standard InChI is InChI=1S/C12H16F3NO2S/c1-8(19(3,17)18)11(16-2)9-4-6-10(7-5-9)12(13,14)15/h4-8,11,16H,1-3H3. The molecule has 0 aliphatic carbocycles. The maximum absolute atomic E-state index is 12.4. The highest BCUT2D eigenvalue weighted by molar-refractivity contribution is 7.91. The summed E-state index contributed by atoms with van der Waals surface area (Å²) in [4.78, 5) is 0. The van der Waals surface area contributed by atoms with Crippen LogP contribution in [0.4, 0.5) is 13.2 Å². The van der Waals surface area contributed by atoms with E-state index >= 15 is 0 Å². The third-order valence-corrected chi connectivity index (χ3v) is 4.68. The Morgan fingerprint density at radius 3 is 1.95 bits per heavy atom. The molecule has 1 aromatic rings. The minimum absolute atomic E-state index is 0.508. The quantitative estimate of drug-likeness (QED) is 0.928. The molecule has 1 rings (SSSR count). The first-order valence-electron chi connectivity index (χ1n) is 5.60. The first kappa shape index (κ1) is 16.0. The van der Waals surface area contributed by atoms with Crippen LogP contribution in [0.15, 0.2) is 24.3 Å². The van der Waals surface area contributed by atoms with E-state index in [0.717, 1.165) is 18.4 Å². The Balaban J connectivity index is 3.08. The first-order chi connectivity index (χ1) is 8.57. The second-order valence-corrected chi connectivity index (χ2v) is 6.82. The van der Waals surface area contributed by atoms with E-state index in [-0.39, 0.29) is 0 Å². The summed E-state index contributed by atoms with van der Waals surface area (Å²) in [7, 11) is -1.71. The highest BCUT2D eigenvalue weighted by Gasteiger charge is 2.31. The zero-order chi connectivity index (χ0) is 14.8. The number of hydrogen-bond acceptors (Lipinski definition) is 3. The number of hydrogen-bond donors (Lipinski definition) is 1. The predicted octanol–water partition coefficient (Wildman–Crippen LogP) is 2.40. The third-order valence-electron chi connectivity index (χ3n) is 3.05. The van der Waals surface area contributed by atoms with Crippen molar-refractivity contribution in [3.05, 3.63) is 35.4 Å². The van der Waals surface area contributed by atoms with Gasteiger partial charge in [0.1, 0.15) is 0 Å². The molecule has 2 unspecified atom stereocenters. The van der Waals surface area contributed by atoms with Gasteiger partial charge in [-0.15, -0.1) is 0 Å². The van der Waals surface area contributed by atoms with Gasteiger partial charge in [0.25, 0.3) is 0 Å². The van der Waals surface area contributed by atoms with Crippen LogP contribution >= 0.6 is 0 Å². The monoisotopic (exact) mass is 295 g/mol. The zero-order valence-corrected chi connectivity index (χ0v) is 11.6. The van der Waals surface area contributed by atoms with Crippen molar-refractivity contribution in [2.75, 3.05) is 13.3 Å². The number of nitrogens with one attached hydrogen (secondary N) is 1. The van der Waals surface area contributed by atoms with Crippen LogP contribution in [0.5, 0.6) is 0 Å². The van der Waals surface area contributed by atoms with Crippen molar-refractivity contribution in [3.8, 4) is 0 Å². The summed E-state index contributed by atoms with van der Waals surface area (Å²) < 4.78 is 60.3. The lowest BCUT2D eigenvalue weighted by Crippen LogP contribution is -2.33. The number of rotatable bonds is 4. The van der Waals surface area contributed by atoms with Crippen molar-refractivity contribution in [1.29, 1.82) is 0 Å². The van der Waals surface area contributed by atoms with E-state index in [1.807, 2.05) is 0 Å². The average molecular weight is 295 g/mol. The second kappa shape index (κ2) is 5.50. The lowest BCUT2D eigenvalue weighted by Gasteiger charge is -2.23. The van der Waals surface area contributed by atoms with Crippen LogP contribution < -0.4 is 5.32 Å². The molecule has 0 amide bonds. The fourth-order valence-corrected chi connectivity index (χ4v) is 2.59. The molecule has 0 radical (unpaired) electrons. The largest absolute Gasteiger partial charge is 0.416 e. The summed E-state index contributed by atoms with van der Waals surface area (Å²) in [5, 5.41) is 2.09. The molecule has 0 aliphatic rings. The van der Waals surface area contributed by atoms with E-state index in [2.05, 4.69) is 5.32 Å². The van der Waals surface area contributed by atoms with E-state index in [4.69, 9.17) is 0 Å². The molecule has 0 bridgehead atoms. The number of benzene rings is 1. The predicted molar refractivity (Wildman–Crippen MR) is 67.6 cm³/mol. The molecule has 0 aliphatic heterocycles. The normalized spacial score (nSPS) is 16.1. The topological polar surface area (TPSA) is 46.2 Å². The van der Waals surface area contributed by atoms with Crippen molar-refractivity contribution in [2.45, 2.75) is 24.4 Å². The van der Waals surface area contributed by atoms with E-state index in [1.54, 1.807) is 7.05 Å². The van der Waals surface area contributed by atoms with E-state index in [1.165, 1.54) is 19.1 Å². The highest BCUT2D eigenvalue weighted by atomic mass is 32.2. The molecule has 0 aromatic heterocycles. The van der Waals surface area contributed by atoms with Crippen LogP contribution in [0, 0.1) is 0 Å². The Morgan fingerprint density at radius 1 is 1.16 bits per heavy atom. The summed E-state index contributed by atoms with van der Waals surface area (Å²) in [6.45, 7) is 1.52. The SMILES string of the molecule is CNC(c1ccc(C(F)(F)F)cc1)C(C)S(C)(=O)=O. The molecular formula is C12H16F3NO2S. The zero-order valence-electron chi connectivity index (χ0n) is 10.8. The molecule has 1 aromatic carbocycles. The maximum Gasteiger partial charge on any atom is 0.416 e. The van der Waals surface area contributed by atoms with E-state index in [0.29, 0.717) is 5.56 Å². The van der Waals surface area contributed by atoms with Gasteiger partial charge in [0.05, 0.1) is 10.8 Å². The van der Waals surface area contributed by atoms with Crippen LogP contribution in [0.3, 0.4) is 0 Å². The lowest BCUT2D eigenvalue weighted by molar-refractivity contribution is -0.137. The molecular weight excluding hydrogens is 279 g/mol. The third kappa shape index (κ3) is 3.94. The molecule has 1 N–H and O–H groups in total. The Labute approximate surface area is 110 Å². The highest BCUT2D eigenvalue weighted by Crippen LogP contribution is 2.30. The Kier molecular flexibility index (Phi) is 4.63. The average Bonchev–Trinajstić information content (AvgIpc) is 2.28. The lowest BCUT2D eigenvalue weighted by atomic mass is 10.0. The van der Waals surface area contributed by atoms with Gasteiger partial charge >= 0.3 is 6.18 Å². The van der Waals surface area contributed by atoms with Crippen LogP contribution in [0.2, 0.25) is 0 Å². The second-order valence-electron chi connectivity index (χ2n) is 4.42. The van der Waals surface area contributed by atoms with Crippen molar-refractivity contribution >= 4 is 9.84 Å². The maximum atomic E-state index is 12.4. The van der Waals surface area contributed by atoms with Gasteiger partial charge in [0.15, 0.2) is 9.84 Å². The van der Waals surface area contributed by atoms with Gasteiger partial charge in [0, 0.05) is 12.3 Å². The first-order valence-corrected chi connectivity index (χ1v) is 7.56. The molecule has 0 heterocycles. The van der Waals surface area contributed by atoms with Crippen molar-refractivity contribution < 1.29 is 21.6 Å². The Bertz CT molecular complexity index is 523. The Hall–Kier alpha value is -1.08. The molecule has 2 atom stereocenters. The van der Waals surface area contributed by atoms with Gasteiger partial charge in [-0.25, -0.2) is 8.42 Å². The summed E-state index contributed by atoms with van der Waals surface area (Å²) in [5.74, 6) is 0. The fourth-order valence-electron chi connectivity index (χ4n) is 1.80. The summed E-state index contributed by atoms with van der Waals surface area (Å²) in [5.41, 5.74) is -0.244. The summed E-state index contributed by atoms with van der Waals surface area (Å²) >= 11 is 0. The van der Waals surface area contributed by atoms with E-state index in [9.17, 15) is 21.6 Å². The van der Waals surface area contributed by atoms with Gasteiger partial charge in [-0.05, 0) is 31.7 Å². The van der Waals surface area contributed by atoms with Crippen molar-refractivity contribution in [3.63, 3.8) is 0 Å². The molecule has 19 heavy (non-hydrogen) atoms. The summed E-state index contributed by atoms with van der Waals surface area (Å²) in [6, 6.07) is 3.96. The number of sulfone groups is 1. The van der Waals surface area contributed by atoms with Gasteiger partial charge in [-0.2, -0.15) is 13.2 Å². The van der Waals surface area contributed by atoms with Crippen molar-refractivity contribution in [2.24, 2.45) is 0 Å². The van der Waals surface area contributed by atoms with Crippen molar-refractivity contribution in [1.82, 2.24) is 5.32 Å². The molecule has 3 nitrogen and oxygen atoms in total. The van der Waals surface area contributed by atoms with Gasteiger partial charge in [-0.1, -0.05) is 12.1 Å². The molecule has 108 valence electrons. The fraction of sp³-hybridized carbons (Fsp3) is 0.500. The number of halogens is 3. The Morgan fingerprint density at radius 2 is 1.63 bits per heavy atom. The van der Waals surface area contributed by atoms with Gasteiger partial charge in [-0.3, -0.25) is 0 Å². The molecule has 7 heteroatoms. The van der Waals surface area contributed by atoms with Crippen LogP contribution in [-0.2, 0) is 16.0 Å². The molecule has 0 spiro atoms. The van der Waals surface area contributed by atoms with Crippen LogP contribution in [-0.4, -0.2) is 27.0 Å². The summed E-state index contributed by atoms with van der Waals surface area (Å²) in [6.07, 6.45) is -3.29. The van der Waals surface area contributed by atoms with Crippen LogP contribution in [0.1, 0.15) is 24.1 Å². The van der Waals surface area contributed by atoms with Crippen LogP contribution in [0.25, 0.3) is 0 Å². The molecule has 0 saturated heterocycles. The van der Waals surface area contributed by atoms with E-state index < -0.39 is 32.9 Å². The number of alkyl halides is 3. The van der Waals surface area contributed by atoms with Gasteiger partial charge < -0.3 is 5.32 Å².